The average Bonchev–Trinajstić information content (AvgIpc) is 3.19. The van der Waals surface area contributed by atoms with Crippen molar-refractivity contribution in [3.63, 3.8) is 0 Å². The van der Waals surface area contributed by atoms with Gasteiger partial charge in [0, 0.05) is 44.7 Å². The lowest BCUT2D eigenvalue weighted by molar-refractivity contribution is 0.0407. The summed E-state index contributed by atoms with van der Waals surface area (Å²) in [4.78, 5) is 16.9. The van der Waals surface area contributed by atoms with E-state index in [1.165, 1.54) is 0 Å². The summed E-state index contributed by atoms with van der Waals surface area (Å²) in [6.07, 6.45) is 4.80. The number of nitrogens with zero attached hydrogens (tertiary/aromatic N) is 4. The third-order valence-electron chi connectivity index (χ3n) is 4.02. The van der Waals surface area contributed by atoms with E-state index in [-0.39, 0.29) is 12.1 Å². The van der Waals surface area contributed by atoms with Gasteiger partial charge in [-0.3, -0.25) is 0 Å². The summed E-state index contributed by atoms with van der Waals surface area (Å²) in [5.74, 6) is 0.704. The standard InChI is InChI=1S/C14H20N6O2S/c1-10(11-19-16-9-20(11)2)17-13(21)18-14(3-6-22-7-4-14)12-15-5-8-23-12/h5,8-10H,3-4,6-7H2,1-2H3,(H2,17,18,21). The molecule has 1 saturated heterocycles. The quantitative estimate of drug-likeness (QED) is 0.879. The van der Waals surface area contributed by atoms with E-state index in [9.17, 15) is 4.79 Å². The molecule has 0 aliphatic carbocycles. The fraction of sp³-hybridized carbons (Fsp3) is 0.571. The molecule has 3 heterocycles. The van der Waals surface area contributed by atoms with Crippen LogP contribution in [0.3, 0.4) is 0 Å². The molecule has 1 fully saturated rings. The Bertz CT molecular complexity index is 650. The number of rotatable bonds is 4. The van der Waals surface area contributed by atoms with Crippen LogP contribution in [0.15, 0.2) is 17.9 Å². The maximum Gasteiger partial charge on any atom is 0.316 e. The third kappa shape index (κ3) is 3.35. The maximum atomic E-state index is 12.5. The first-order valence-electron chi connectivity index (χ1n) is 7.51. The zero-order valence-corrected chi connectivity index (χ0v) is 14.0. The molecule has 1 aliphatic heterocycles. The minimum atomic E-state index is -0.462. The van der Waals surface area contributed by atoms with Gasteiger partial charge >= 0.3 is 6.03 Å². The Balaban J connectivity index is 1.70. The van der Waals surface area contributed by atoms with Gasteiger partial charge in [0.25, 0.3) is 0 Å². The molecule has 0 bridgehead atoms. The van der Waals surface area contributed by atoms with E-state index < -0.39 is 5.54 Å². The first kappa shape index (κ1) is 15.9. The maximum absolute atomic E-state index is 12.5. The number of ether oxygens (including phenoxy) is 1. The van der Waals surface area contributed by atoms with Crippen molar-refractivity contribution in [1.29, 1.82) is 0 Å². The van der Waals surface area contributed by atoms with Crippen LogP contribution < -0.4 is 10.6 Å². The van der Waals surface area contributed by atoms with Crippen LogP contribution in [0.2, 0.25) is 0 Å². The predicted molar refractivity (Wildman–Crippen MR) is 84.9 cm³/mol. The summed E-state index contributed by atoms with van der Waals surface area (Å²) in [5, 5.41) is 16.7. The van der Waals surface area contributed by atoms with E-state index in [1.807, 2.05) is 19.4 Å². The van der Waals surface area contributed by atoms with Crippen molar-refractivity contribution in [3.8, 4) is 0 Å². The number of hydrogen-bond donors (Lipinski definition) is 2. The van der Waals surface area contributed by atoms with E-state index >= 15 is 0 Å². The van der Waals surface area contributed by atoms with Crippen LogP contribution in [-0.2, 0) is 17.3 Å². The van der Waals surface area contributed by atoms with Gasteiger partial charge < -0.3 is 19.9 Å². The smallest absolute Gasteiger partial charge is 0.316 e. The van der Waals surface area contributed by atoms with Crippen LogP contribution in [0, 0.1) is 0 Å². The first-order valence-corrected chi connectivity index (χ1v) is 8.39. The highest BCUT2D eigenvalue weighted by Crippen LogP contribution is 2.33. The number of amides is 2. The number of hydrogen-bond acceptors (Lipinski definition) is 6. The molecule has 23 heavy (non-hydrogen) atoms. The predicted octanol–water partition coefficient (Wildman–Crippen LogP) is 1.34. The van der Waals surface area contributed by atoms with Crippen molar-refractivity contribution in [2.24, 2.45) is 7.05 Å². The number of urea groups is 1. The van der Waals surface area contributed by atoms with Crippen LogP contribution in [0.25, 0.3) is 0 Å². The molecule has 1 atom stereocenters. The van der Waals surface area contributed by atoms with Gasteiger partial charge in [0.1, 0.15) is 11.3 Å². The molecule has 8 nitrogen and oxygen atoms in total. The van der Waals surface area contributed by atoms with Crippen LogP contribution in [-0.4, -0.2) is 39.0 Å². The molecular weight excluding hydrogens is 316 g/mol. The summed E-state index contributed by atoms with van der Waals surface area (Å²) >= 11 is 1.55. The van der Waals surface area contributed by atoms with Crippen LogP contribution >= 0.6 is 11.3 Å². The highest BCUT2D eigenvalue weighted by molar-refractivity contribution is 7.09. The normalized spacial score (nSPS) is 18.3. The van der Waals surface area contributed by atoms with Gasteiger partial charge in [-0.1, -0.05) is 0 Å². The molecule has 0 aromatic carbocycles. The lowest BCUT2D eigenvalue weighted by atomic mass is 9.91. The van der Waals surface area contributed by atoms with Gasteiger partial charge in [-0.2, -0.15) is 0 Å². The SMILES string of the molecule is CC(NC(=O)NC1(c2nccs2)CCOCC1)c1nncn1C. The molecular formula is C14H20N6O2S. The molecule has 1 aliphatic rings. The first-order chi connectivity index (χ1) is 11.1. The minimum absolute atomic E-state index is 0.238. The van der Waals surface area contributed by atoms with Crippen LogP contribution in [0.1, 0.15) is 36.6 Å². The Kier molecular flexibility index (Phi) is 4.58. The second-order valence-corrected chi connectivity index (χ2v) is 6.55. The number of carbonyl (C=O) groups excluding carboxylic acids is 1. The Morgan fingerprint density at radius 2 is 2.26 bits per heavy atom. The number of nitrogens with one attached hydrogen (secondary N) is 2. The zero-order valence-electron chi connectivity index (χ0n) is 13.2. The van der Waals surface area contributed by atoms with Crippen molar-refractivity contribution in [3.05, 3.63) is 28.7 Å². The van der Waals surface area contributed by atoms with Gasteiger partial charge in [0.05, 0.1) is 11.6 Å². The lowest BCUT2D eigenvalue weighted by Gasteiger charge is -2.36. The zero-order chi connectivity index (χ0) is 16.3. The molecule has 0 radical (unpaired) electrons. The van der Waals surface area contributed by atoms with E-state index in [2.05, 4.69) is 25.8 Å². The molecule has 3 rings (SSSR count). The van der Waals surface area contributed by atoms with Crippen molar-refractivity contribution >= 4 is 17.4 Å². The van der Waals surface area contributed by atoms with Crippen molar-refractivity contribution in [1.82, 2.24) is 30.4 Å². The summed E-state index contributed by atoms with van der Waals surface area (Å²) in [6, 6.07) is -0.478. The second kappa shape index (κ2) is 6.63. The van der Waals surface area contributed by atoms with E-state index in [0.717, 1.165) is 5.01 Å². The number of thiazole rings is 1. The van der Waals surface area contributed by atoms with Crippen LogP contribution in [0.4, 0.5) is 4.79 Å². The summed E-state index contributed by atoms with van der Waals surface area (Å²) < 4.78 is 7.23. The molecule has 0 saturated carbocycles. The monoisotopic (exact) mass is 336 g/mol. The lowest BCUT2D eigenvalue weighted by Crippen LogP contribution is -2.53. The van der Waals surface area contributed by atoms with Crippen LogP contribution in [0.5, 0.6) is 0 Å². The Morgan fingerprint density at radius 1 is 1.48 bits per heavy atom. The fourth-order valence-corrected chi connectivity index (χ4v) is 3.62. The Hall–Kier alpha value is -2.00. The third-order valence-corrected chi connectivity index (χ3v) is 5.00. The Labute approximate surface area is 138 Å². The molecule has 2 N–H and O–H groups in total. The molecule has 9 heteroatoms. The number of carbonyl (C=O) groups is 1. The summed E-state index contributed by atoms with van der Waals surface area (Å²) in [5.41, 5.74) is -0.462. The number of aromatic nitrogens is 4. The minimum Gasteiger partial charge on any atom is -0.381 e. The molecule has 1 unspecified atom stereocenters. The van der Waals surface area contributed by atoms with Gasteiger partial charge in [0.2, 0.25) is 0 Å². The van der Waals surface area contributed by atoms with Crippen molar-refractivity contribution in [2.75, 3.05) is 13.2 Å². The highest BCUT2D eigenvalue weighted by atomic mass is 32.1. The molecule has 2 amide bonds. The van der Waals surface area contributed by atoms with Gasteiger partial charge in [-0.05, 0) is 6.92 Å². The molecule has 0 spiro atoms. The fourth-order valence-electron chi connectivity index (χ4n) is 2.77. The van der Waals surface area contributed by atoms with Gasteiger partial charge in [-0.15, -0.1) is 21.5 Å². The van der Waals surface area contributed by atoms with Gasteiger partial charge in [-0.25, -0.2) is 9.78 Å². The van der Waals surface area contributed by atoms with Crippen molar-refractivity contribution in [2.45, 2.75) is 31.3 Å². The second-order valence-electron chi connectivity index (χ2n) is 5.65. The van der Waals surface area contributed by atoms with E-state index in [1.54, 1.807) is 28.4 Å². The van der Waals surface area contributed by atoms with E-state index in [0.29, 0.717) is 31.9 Å². The molecule has 2 aromatic rings. The summed E-state index contributed by atoms with van der Waals surface area (Å²) in [6.45, 7) is 3.10. The average molecular weight is 336 g/mol. The molecule has 124 valence electrons. The van der Waals surface area contributed by atoms with E-state index in [4.69, 9.17) is 4.74 Å². The Morgan fingerprint density at radius 3 is 2.87 bits per heavy atom. The highest BCUT2D eigenvalue weighted by Gasteiger charge is 2.38. The molecule has 2 aromatic heterocycles. The topological polar surface area (TPSA) is 94.0 Å². The largest absolute Gasteiger partial charge is 0.381 e. The van der Waals surface area contributed by atoms with Crippen molar-refractivity contribution < 1.29 is 9.53 Å². The van der Waals surface area contributed by atoms with Gasteiger partial charge in [0.15, 0.2) is 5.82 Å². The number of aryl methyl sites for hydroxylation is 1. The summed E-state index contributed by atoms with van der Waals surface area (Å²) in [7, 11) is 1.85.